The van der Waals surface area contributed by atoms with Crippen LogP contribution in [-0.4, -0.2) is 42.9 Å². The molecule has 1 amide bonds. The second-order valence-corrected chi connectivity index (χ2v) is 7.54. The summed E-state index contributed by atoms with van der Waals surface area (Å²) in [6.45, 7) is 5.16. The molecule has 0 fully saturated rings. The lowest BCUT2D eigenvalue weighted by atomic mass is 10.0. The maximum atomic E-state index is 12.9. The summed E-state index contributed by atoms with van der Waals surface area (Å²) in [5, 5.41) is 22.8. The standard InChI is InChI=1S/C20H18N4O7/c1-20(2,3)31-19(28)22-12-5-6-13-9-21-17(23(13)10-12)16(25)11-4-7-15(24(29)30)14(8-11)18(26)27/h4-10H,1-3H3,(H,22,28)(H,26,27). The van der Waals surface area contributed by atoms with Gasteiger partial charge in [-0.2, -0.15) is 0 Å². The number of aromatic nitrogens is 2. The molecule has 0 aliphatic rings. The van der Waals surface area contributed by atoms with Crippen molar-refractivity contribution in [3.8, 4) is 0 Å². The third-order valence-electron chi connectivity index (χ3n) is 4.06. The second-order valence-electron chi connectivity index (χ2n) is 7.54. The number of carbonyl (C=O) groups is 3. The number of pyridine rings is 1. The van der Waals surface area contributed by atoms with E-state index >= 15 is 0 Å². The Kier molecular flexibility index (Phi) is 5.43. The molecule has 11 heteroatoms. The first-order valence-corrected chi connectivity index (χ1v) is 9.00. The van der Waals surface area contributed by atoms with Crippen LogP contribution < -0.4 is 5.32 Å². The van der Waals surface area contributed by atoms with Gasteiger partial charge < -0.3 is 9.84 Å². The highest BCUT2D eigenvalue weighted by Crippen LogP contribution is 2.23. The average molecular weight is 426 g/mol. The Morgan fingerprint density at radius 1 is 1.19 bits per heavy atom. The van der Waals surface area contributed by atoms with E-state index in [1.54, 1.807) is 32.9 Å². The topological polar surface area (TPSA) is 153 Å². The number of nitrogens with one attached hydrogen (secondary N) is 1. The number of anilines is 1. The van der Waals surface area contributed by atoms with E-state index in [0.717, 1.165) is 18.2 Å². The van der Waals surface area contributed by atoms with Gasteiger partial charge in [0.25, 0.3) is 5.69 Å². The van der Waals surface area contributed by atoms with Gasteiger partial charge in [0.15, 0.2) is 5.82 Å². The number of benzene rings is 1. The molecule has 160 valence electrons. The molecule has 0 bridgehead atoms. The van der Waals surface area contributed by atoms with Crippen molar-refractivity contribution in [2.45, 2.75) is 26.4 Å². The molecule has 31 heavy (non-hydrogen) atoms. The maximum Gasteiger partial charge on any atom is 0.412 e. The summed E-state index contributed by atoms with van der Waals surface area (Å²) in [4.78, 5) is 50.5. The van der Waals surface area contributed by atoms with E-state index in [-0.39, 0.29) is 11.4 Å². The van der Waals surface area contributed by atoms with Crippen molar-refractivity contribution < 1.29 is 29.2 Å². The monoisotopic (exact) mass is 426 g/mol. The highest BCUT2D eigenvalue weighted by Gasteiger charge is 2.24. The van der Waals surface area contributed by atoms with Gasteiger partial charge in [-0.15, -0.1) is 0 Å². The minimum atomic E-state index is -1.53. The number of hydrogen-bond acceptors (Lipinski definition) is 7. The molecule has 0 spiro atoms. The van der Waals surface area contributed by atoms with Gasteiger partial charge in [-0.3, -0.25) is 24.6 Å². The van der Waals surface area contributed by atoms with E-state index in [1.165, 1.54) is 16.8 Å². The van der Waals surface area contributed by atoms with Gasteiger partial charge >= 0.3 is 12.1 Å². The largest absolute Gasteiger partial charge is 0.477 e. The minimum absolute atomic E-state index is 0.0620. The Morgan fingerprint density at radius 3 is 2.52 bits per heavy atom. The minimum Gasteiger partial charge on any atom is -0.477 e. The Balaban J connectivity index is 1.97. The average Bonchev–Trinajstić information content (AvgIpc) is 3.08. The number of rotatable bonds is 5. The summed E-state index contributed by atoms with van der Waals surface area (Å²) in [5.41, 5.74) is -1.13. The van der Waals surface area contributed by atoms with Crippen LogP contribution in [0.3, 0.4) is 0 Å². The number of carboxylic acids is 1. The third kappa shape index (κ3) is 4.66. The molecule has 0 saturated heterocycles. The van der Waals surface area contributed by atoms with Gasteiger partial charge in [0.05, 0.1) is 22.3 Å². The lowest BCUT2D eigenvalue weighted by Crippen LogP contribution is -2.27. The van der Waals surface area contributed by atoms with Crippen molar-refractivity contribution in [1.82, 2.24) is 9.38 Å². The van der Waals surface area contributed by atoms with Crippen LogP contribution >= 0.6 is 0 Å². The fourth-order valence-corrected chi connectivity index (χ4v) is 2.79. The van der Waals surface area contributed by atoms with Crippen molar-refractivity contribution in [1.29, 1.82) is 0 Å². The molecule has 1 aromatic carbocycles. The van der Waals surface area contributed by atoms with Gasteiger partial charge in [-0.25, -0.2) is 14.6 Å². The Morgan fingerprint density at radius 2 is 1.90 bits per heavy atom. The van der Waals surface area contributed by atoms with E-state index < -0.39 is 39.6 Å². The predicted octanol–water partition coefficient (Wildman–Crippen LogP) is 3.52. The molecular formula is C20H18N4O7. The normalized spacial score (nSPS) is 11.2. The summed E-state index contributed by atoms with van der Waals surface area (Å²) in [7, 11) is 0. The highest BCUT2D eigenvalue weighted by atomic mass is 16.6. The van der Waals surface area contributed by atoms with Crippen LogP contribution in [-0.2, 0) is 4.74 Å². The molecule has 11 nitrogen and oxygen atoms in total. The number of nitrogens with zero attached hydrogens (tertiary/aromatic N) is 3. The predicted molar refractivity (Wildman–Crippen MR) is 109 cm³/mol. The van der Waals surface area contributed by atoms with Crippen molar-refractivity contribution in [3.05, 3.63) is 69.8 Å². The number of fused-ring (bicyclic) bond motifs is 1. The third-order valence-corrected chi connectivity index (χ3v) is 4.06. The van der Waals surface area contributed by atoms with E-state index in [0.29, 0.717) is 11.2 Å². The number of imidazole rings is 1. The van der Waals surface area contributed by atoms with Gasteiger partial charge in [0.1, 0.15) is 11.2 Å². The fourth-order valence-electron chi connectivity index (χ4n) is 2.79. The molecule has 2 heterocycles. The number of amides is 1. The molecule has 0 aliphatic heterocycles. The number of nitro groups is 1. The first-order valence-electron chi connectivity index (χ1n) is 9.00. The summed E-state index contributed by atoms with van der Waals surface area (Å²) < 4.78 is 6.61. The number of carbonyl (C=O) groups excluding carboxylic acids is 2. The number of hydrogen-bond donors (Lipinski definition) is 2. The van der Waals surface area contributed by atoms with Gasteiger partial charge in [0.2, 0.25) is 5.78 Å². The lowest BCUT2D eigenvalue weighted by Gasteiger charge is -2.19. The van der Waals surface area contributed by atoms with Crippen LogP contribution in [0.15, 0.2) is 42.7 Å². The molecule has 0 atom stereocenters. The Labute approximate surface area is 175 Å². The van der Waals surface area contributed by atoms with E-state index in [4.69, 9.17) is 4.74 Å². The van der Waals surface area contributed by atoms with E-state index in [9.17, 15) is 29.6 Å². The van der Waals surface area contributed by atoms with E-state index in [1.807, 2.05) is 0 Å². The quantitative estimate of drug-likeness (QED) is 0.357. The van der Waals surface area contributed by atoms with Crippen LogP contribution in [0.1, 0.15) is 47.3 Å². The number of aromatic carboxylic acids is 1. The van der Waals surface area contributed by atoms with Crippen molar-refractivity contribution in [3.63, 3.8) is 0 Å². The van der Waals surface area contributed by atoms with Crippen LogP contribution in [0, 0.1) is 10.1 Å². The first-order chi connectivity index (χ1) is 14.5. The van der Waals surface area contributed by atoms with Crippen LogP contribution in [0.4, 0.5) is 16.2 Å². The lowest BCUT2D eigenvalue weighted by molar-refractivity contribution is -0.385. The molecule has 2 aromatic heterocycles. The number of ether oxygens (including phenoxy) is 1. The Bertz CT molecular complexity index is 1220. The van der Waals surface area contributed by atoms with Crippen LogP contribution in [0.25, 0.3) is 5.52 Å². The molecule has 0 saturated carbocycles. The Hall–Kier alpha value is -4.28. The molecule has 0 radical (unpaired) electrons. The molecular weight excluding hydrogens is 408 g/mol. The second kappa shape index (κ2) is 7.86. The number of nitro benzene ring substituents is 1. The van der Waals surface area contributed by atoms with E-state index in [2.05, 4.69) is 10.3 Å². The zero-order chi connectivity index (χ0) is 22.9. The maximum absolute atomic E-state index is 12.9. The highest BCUT2D eigenvalue weighted by molar-refractivity contribution is 6.09. The molecule has 3 rings (SSSR count). The molecule has 2 N–H and O–H groups in total. The van der Waals surface area contributed by atoms with Gasteiger partial charge in [0, 0.05) is 17.8 Å². The van der Waals surface area contributed by atoms with Crippen LogP contribution in [0.5, 0.6) is 0 Å². The first kappa shape index (κ1) is 21.4. The summed E-state index contributed by atoms with van der Waals surface area (Å²) in [5.74, 6) is -2.24. The fraction of sp³-hybridized carbons (Fsp3) is 0.200. The summed E-state index contributed by atoms with van der Waals surface area (Å²) >= 11 is 0. The van der Waals surface area contributed by atoms with Crippen molar-refractivity contribution in [2.75, 3.05) is 5.32 Å². The zero-order valence-electron chi connectivity index (χ0n) is 16.8. The molecule has 3 aromatic rings. The van der Waals surface area contributed by atoms with Crippen LogP contribution in [0.2, 0.25) is 0 Å². The van der Waals surface area contributed by atoms with Crippen molar-refractivity contribution in [2.24, 2.45) is 0 Å². The summed E-state index contributed by atoms with van der Waals surface area (Å²) in [6, 6.07) is 6.28. The molecule has 0 aliphatic carbocycles. The molecule has 0 unspecified atom stereocenters. The van der Waals surface area contributed by atoms with Gasteiger partial charge in [-0.1, -0.05) is 0 Å². The number of ketones is 1. The van der Waals surface area contributed by atoms with Gasteiger partial charge in [-0.05, 0) is 45.0 Å². The van der Waals surface area contributed by atoms with Crippen molar-refractivity contribution >= 4 is 34.7 Å². The number of carboxylic acid groups (broad SMARTS) is 1. The zero-order valence-corrected chi connectivity index (χ0v) is 16.8. The SMILES string of the molecule is CC(C)(C)OC(=O)Nc1ccc2cnc(C(=O)c3ccc([N+](=O)[O-])c(C(=O)O)c3)n2c1. The summed E-state index contributed by atoms with van der Waals surface area (Å²) in [6.07, 6.45) is 2.21. The smallest absolute Gasteiger partial charge is 0.412 e.